The van der Waals surface area contributed by atoms with Gasteiger partial charge in [-0.1, -0.05) is 11.6 Å². The zero-order chi connectivity index (χ0) is 12.5. The molecule has 1 saturated heterocycles. The predicted molar refractivity (Wildman–Crippen MR) is 74.1 cm³/mol. The van der Waals surface area contributed by atoms with Gasteiger partial charge in [0.05, 0.1) is 6.10 Å². The summed E-state index contributed by atoms with van der Waals surface area (Å²) >= 11 is 6.11. The van der Waals surface area contributed by atoms with Crippen LogP contribution >= 0.6 is 11.6 Å². The maximum absolute atomic E-state index is 6.11. The fourth-order valence-corrected chi connectivity index (χ4v) is 2.74. The van der Waals surface area contributed by atoms with E-state index in [1.165, 1.54) is 16.5 Å². The molecule has 1 fully saturated rings. The van der Waals surface area contributed by atoms with Crippen LogP contribution in [0.15, 0.2) is 24.4 Å². The maximum Gasteiger partial charge on any atom is 0.0969 e. The minimum absolute atomic E-state index is 0.120. The number of hydrogen-bond donors (Lipinski definition) is 1. The Balaban J connectivity index is 2.07. The molecule has 0 amide bonds. The normalized spacial score (nSPS) is 21.1. The van der Waals surface area contributed by atoms with Gasteiger partial charge in [-0.2, -0.15) is 0 Å². The van der Waals surface area contributed by atoms with Crippen molar-refractivity contribution in [1.29, 1.82) is 0 Å². The van der Waals surface area contributed by atoms with Gasteiger partial charge >= 0.3 is 0 Å². The second kappa shape index (κ2) is 4.92. The number of aromatic nitrogens is 1. The average Bonchev–Trinajstić information content (AvgIpc) is 2.58. The molecule has 1 N–H and O–H groups in total. The minimum atomic E-state index is 0.120. The van der Waals surface area contributed by atoms with Gasteiger partial charge in [0.2, 0.25) is 0 Å². The average molecular weight is 265 g/mol. The Morgan fingerprint density at radius 3 is 3.22 bits per heavy atom. The molecule has 1 aromatic carbocycles. The number of hydrogen-bond acceptors (Lipinski definition) is 2. The van der Waals surface area contributed by atoms with Gasteiger partial charge in [0.15, 0.2) is 0 Å². The molecule has 18 heavy (non-hydrogen) atoms. The van der Waals surface area contributed by atoms with E-state index in [-0.39, 0.29) is 6.10 Å². The molecule has 1 aliphatic heterocycles. The Hall–Kier alpha value is -1.03. The number of nitrogens with zero attached hydrogens (tertiary/aromatic N) is 1. The molecular weight excluding hydrogens is 248 g/mol. The van der Waals surface area contributed by atoms with E-state index < -0.39 is 0 Å². The fourth-order valence-electron chi connectivity index (χ4n) is 2.57. The summed E-state index contributed by atoms with van der Waals surface area (Å²) < 4.78 is 8.07. The molecule has 3 nitrogen and oxygen atoms in total. The number of fused-ring (bicyclic) bond motifs is 1. The van der Waals surface area contributed by atoms with Crippen LogP contribution in [-0.2, 0) is 11.8 Å². The van der Waals surface area contributed by atoms with E-state index in [9.17, 15) is 0 Å². The number of benzene rings is 1. The largest absolute Gasteiger partial charge is 0.372 e. The number of ether oxygens (including phenoxy) is 1. The molecule has 0 bridgehead atoms. The summed E-state index contributed by atoms with van der Waals surface area (Å²) in [5, 5.41) is 5.38. The van der Waals surface area contributed by atoms with E-state index in [2.05, 4.69) is 29.2 Å². The van der Waals surface area contributed by atoms with Gasteiger partial charge in [-0.05, 0) is 31.2 Å². The quantitative estimate of drug-likeness (QED) is 0.857. The Bertz CT molecular complexity index is 556. The van der Waals surface area contributed by atoms with Crippen LogP contribution < -0.4 is 5.32 Å². The highest BCUT2D eigenvalue weighted by molar-refractivity contribution is 6.31. The Morgan fingerprint density at radius 1 is 1.44 bits per heavy atom. The number of nitrogens with one attached hydrogen (secondary N) is 1. The topological polar surface area (TPSA) is 26.2 Å². The van der Waals surface area contributed by atoms with Crippen molar-refractivity contribution in [3.63, 3.8) is 0 Å². The predicted octanol–water partition coefficient (Wildman–Crippen LogP) is 2.88. The van der Waals surface area contributed by atoms with Crippen LogP contribution in [0.1, 0.15) is 18.1 Å². The lowest BCUT2D eigenvalue weighted by Crippen LogP contribution is -2.19. The first-order valence-corrected chi connectivity index (χ1v) is 6.70. The van der Waals surface area contributed by atoms with E-state index >= 15 is 0 Å². The van der Waals surface area contributed by atoms with Crippen molar-refractivity contribution in [3.05, 3.63) is 35.0 Å². The molecule has 0 radical (unpaired) electrons. The molecule has 2 aromatic rings. The maximum atomic E-state index is 6.11. The third-order valence-corrected chi connectivity index (χ3v) is 3.71. The molecule has 4 heteroatoms. The van der Waals surface area contributed by atoms with Crippen LogP contribution in [0.2, 0.25) is 5.02 Å². The minimum Gasteiger partial charge on any atom is -0.372 e. The number of halogens is 1. The zero-order valence-electron chi connectivity index (χ0n) is 10.4. The van der Waals surface area contributed by atoms with E-state index in [4.69, 9.17) is 16.3 Å². The summed E-state index contributed by atoms with van der Waals surface area (Å²) in [5.41, 5.74) is 2.42. The molecule has 3 rings (SSSR count). The molecule has 0 saturated carbocycles. The Morgan fingerprint density at radius 2 is 2.33 bits per heavy atom. The van der Waals surface area contributed by atoms with Crippen LogP contribution in [0.3, 0.4) is 0 Å². The lowest BCUT2D eigenvalue weighted by molar-refractivity contribution is 0.0678. The lowest BCUT2D eigenvalue weighted by Gasteiger charge is -2.14. The summed E-state index contributed by atoms with van der Waals surface area (Å²) in [7, 11) is 2.06. The monoisotopic (exact) mass is 264 g/mol. The highest BCUT2D eigenvalue weighted by Crippen LogP contribution is 2.30. The van der Waals surface area contributed by atoms with Crippen molar-refractivity contribution in [3.8, 4) is 0 Å². The molecule has 1 unspecified atom stereocenters. The molecular formula is C14H17ClN2O. The lowest BCUT2D eigenvalue weighted by atomic mass is 10.1. The van der Waals surface area contributed by atoms with Gasteiger partial charge < -0.3 is 14.6 Å². The van der Waals surface area contributed by atoms with Crippen LogP contribution in [0.5, 0.6) is 0 Å². The van der Waals surface area contributed by atoms with Crippen LogP contribution in [0.4, 0.5) is 0 Å². The third-order valence-electron chi connectivity index (χ3n) is 3.48. The van der Waals surface area contributed by atoms with E-state index in [0.717, 1.165) is 31.1 Å². The molecule has 1 aliphatic rings. The van der Waals surface area contributed by atoms with Crippen LogP contribution in [0.25, 0.3) is 10.9 Å². The summed E-state index contributed by atoms with van der Waals surface area (Å²) in [6.45, 7) is 2.71. The summed E-state index contributed by atoms with van der Waals surface area (Å²) in [6, 6.07) is 6.02. The van der Waals surface area contributed by atoms with Gasteiger partial charge in [-0.3, -0.25) is 0 Å². The first kappa shape index (κ1) is 12.0. The van der Waals surface area contributed by atoms with Crippen molar-refractivity contribution in [1.82, 2.24) is 9.88 Å². The third kappa shape index (κ3) is 2.14. The van der Waals surface area contributed by atoms with Crippen molar-refractivity contribution in [2.24, 2.45) is 7.05 Å². The summed E-state index contributed by atoms with van der Waals surface area (Å²) in [5.74, 6) is 0. The van der Waals surface area contributed by atoms with E-state index in [1.807, 2.05) is 12.1 Å². The standard InChI is InChI=1S/C14H17ClN2O/c1-17-9-12(14-8-16-5-2-6-18-14)11-7-10(15)3-4-13(11)17/h3-4,7,9,14,16H,2,5-6,8H2,1H3. The van der Waals surface area contributed by atoms with Gasteiger partial charge in [0, 0.05) is 47.9 Å². The molecule has 0 aliphatic carbocycles. The van der Waals surface area contributed by atoms with Gasteiger partial charge in [-0.25, -0.2) is 0 Å². The second-order valence-electron chi connectivity index (χ2n) is 4.77. The van der Waals surface area contributed by atoms with Gasteiger partial charge in [0.25, 0.3) is 0 Å². The molecule has 1 aromatic heterocycles. The van der Waals surface area contributed by atoms with Crippen molar-refractivity contribution >= 4 is 22.5 Å². The number of rotatable bonds is 1. The number of aryl methyl sites for hydroxylation is 1. The zero-order valence-corrected chi connectivity index (χ0v) is 11.2. The SMILES string of the molecule is Cn1cc(C2CNCCCO2)c2cc(Cl)ccc21. The van der Waals surface area contributed by atoms with E-state index in [1.54, 1.807) is 0 Å². The van der Waals surface area contributed by atoms with E-state index in [0.29, 0.717) is 0 Å². The molecule has 1 atom stereocenters. The second-order valence-corrected chi connectivity index (χ2v) is 5.21. The highest BCUT2D eigenvalue weighted by atomic mass is 35.5. The van der Waals surface area contributed by atoms with Crippen LogP contribution in [-0.4, -0.2) is 24.3 Å². The Labute approximate surface area is 112 Å². The summed E-state index contributed by atoms with van der Waals surface area (Å²) in [6.07, 6.45) is 3.34. The van der Waals surface area contributed by atoms with Crippen molar-refractivity contribution < 1.29 is 4.74 Å². The molecule has 96 valence electrons. The summed E-state index contributed by atoms with van der Waals surface area (Å²) in [4.78, 5) is 0. The molecule has 2 heterocycles. The Kier molecular flexibility index (Phi) is 3.29. The fraction of sp³-hybridized carbons (Fsp3) is 0.429. The highest BCUT2D eigenvalue weighted by Gasteiger charge is 2.19. The van der Waals surface area contributed by atoms with Crippen molar-refractivity contribution in [2.75, 3.05) is 19.7 Å². The smallest absolute Gasteiger partial charge is 0.0969 e. The first-order valence-electron chi connectivity index (χ1n) is 6.32. The molecule has 0 spiro atoms. The first-order chi connectivity index (χ1) is 8.75. The van der Waals surface area contributed by atoms with Gasteiger partial charge in [0.1, 0.15) is 0 Å². The van der Waals surface area contributed by atoms with Crippen molar-refractivity contribution in [2.45, 2.75) is 12.5 Å². The van der Waals surface area contributed by atoms with Gasteiger partial charge in [-0.15, -0.1) is 0 Å². The van der Waals surface area contributed by atoms with Crippen LogP contribution in [0, 0.1) is 0 Å².